The number of amides is 1. The van der Waals surface area contributed by atoms with E-state index in [0.29, 0.717) is 6.54 Å². The van der Waals surface area contributed by atoms with Gasteiger partial charge in [-0.2, -0.15) is 0 Å². The molecule has 1 aromatic carbocycles. The first-order chi connectivity index (χ1) is 10.1. The molecule has 0 saturated carbocycles. The molecular formula is C16H22ClN3O2. The van der Waals surface area contributed by atoms with Gasteiger partial charge in [0.05, 0.1) is 6.04 Å². The van der Waals surface area contributed by atoms with Crippen LogP contribution in [0.1, 0.15) is 19.1 Å². The van der Waals surface area contributed by atoms with E-state index in [1.807, 2.05) is 36.4 Å². The normalized spacial score (nSPS) is 11.6. The molecule has 1 aromatic heterocycles. The molecule has 0 aliphatic rings. The maximum atomic E-state index is 11.6. The van der Waals surface area contributed by atoms with Gasteiger partial charge < -0.3 is 15.2 Å². The first kappa shape index (κ1) is 18.2. The molecule has 1 amide bonds. The summed E-state index contributed by atoms with van der Waals surface area (Å²) in [6.45, 7) is 2.35. The largest absolute Gasteiger partial charge is 0.361 e. The second kappa shape index (κ2) is 8.56. The lowest BCUT2D eigenvalue weighted by atomic mass is 10.1. The second-order valence-corrected chi connectivity index (χ2v) is 5.20. The van der Waals surface area contributed by atoms with E-state index >= 15 is 0 Å². The molecule has 2 N–H and O–H groups in total. The van der Waals surface area contributed by atoms with Crippen LogP contribution in [-0.2, 0) is 11.2 Å². The van der Waals surface area contributed by atoms with E-state index in [-0.39, 0.29) is 18.3 Å². The summed E-state index contributed by atoms with van der Waals surface area (Å²) in [4.78, 5) is 13.3. The zero-order chi connectivity index (χ0) is 15.2. The monoisotopic (exact) mass is 323 g/mol. The van der Waals surface area contributed by atoms with Gasteiger partial charge in [-0.15, -0.1) is 12.4 Å². The highest BCUT2D eigenvalue weighted by molar-refractivity contribution is 5.85. The molecule has 0 saturated heterocycles. The summed E-state index contributed by atoms with van der Waals surface area (Å²) in [6.07, 6.45) is 1.56. The maximum Gasteiger partial charge on any atom is 0.238 e. The van der Waals surface area contributed by atoms with Gasteiger partial charge in [0.25, 0.3) is 0 Å². The standard InChI is InChI=1S/C16H21N3O2.ClH/c1-12(17)16(20)19(2)10-6-9-14-11-15(18-21-14)13-7-4-3-5-8-13;/h3-5,7-8,11-12H,6,9-10,17H2,1-2H3;1H/t12-;/m0./s1. The van der Waals surface area contributed by atoms with Gasteiger partial charge in [-0.05, 0) is 13.3 Å². The van der Waals surface area contributed by atoms with E-state index in [1.54, 1.807) is 18.9 Å². The minimum atomic E-state index is -0.454. The van der Waals surface area contributed by atoms with Crippen LogP contribution in [0.4, 0.5) is 0 Å². The SMILES string of the molecule is C[C@H](N)C(=O)N(C)CCCc1cc(-c2ccccc2)no1.Cl. The number of carbonyl (C=O) groups excluding carboxylic acids is 1. The van der Waals surface area contributed by atoms with Crippen LogP contribution in [0.2, 0.25) is 0 Å². The Kier molecular flexibility index (Phi) is 7.08. The summed E-state index contributed by atoms with van der Waals surface area (Å²) < 4.78 is 5.33. The van der Waals surface area contributed by atoms with E-state index in [2.05, 4.69) is 5.16 Å². The fraction of sp³-hybridized carbons (Fsp3) is 0.375. The number of hydrogen-bond acceptors (Lipinski definition) is 4. The molecule has 1 atom stereocenters. The molecule has 22 heavy (non-hydrogen) atoms. The topological polar surface area (TPSA) is 72.4 Å². The van der Waals surface area contributed by atoms with E-state index in [1.165, 1.54) is 0 Å². The third-order valence-electron chi connectivity index (χ3n) is 3.31. The Bertz CT molecular complexity index is 584. The Morgan fingerprint density at radius 3 is 2.68 bits per heavy atom. The predicted octanol–water partition coefficient (Wildman–Crippen LogP) is 2.50. The molecule has 1 heterocycles. The first-order valence-electron chi connectivity index (χ1n) is 7.09. The summed E-state index contributed by atoms with van der Waals surface area (Å²) in [5.74, 6) is 0.785. The van der Waals surface area contributed by atoms with Crippen LogP contribution in [-0.4, -0.2) is 35.6 Å². The van der Waals surface area contributed by atoms with Crippen molar-refractivity contribution >= 4 is 18.3 Å². The van der Waals surface area contributed by atoms with Gasteiger partial charge in [-0.25, -0.2) is 0 Å². The van der Waals surface area contributed by atoms with E-state index in [0.717, 1.165) is 29.9 Å². The Labute approximate surface area is 136 Å². The minimum absolute atomic E-state index is 0. The molecule has 6 heteroatoms. The number of likely N-dealkylation sites (N-methyl/N-ethyl adjacent to an activating group) is 1. The van der Waals surface area contributed by atoms with E-state index in [9.17, 15) is 4.79 Å². The average Bonchev–Trinajstić information content (AvgIpc) is 2.96. The third kappa shape index (κ3) is 4.86. The Hall–Kier alpha value is -1.85. The molecule has 0 unspecified atom stereocenters. The van der Waals surface area contributed by atoms with Crippen LogP contribution in [0, 0.1) is 0 Å². The highest BCUT2D eigenvalue weighted by Crippen LogP contribution is 2.19. The highest BCUT2D eigenvalue weighted by atomic mass is 35.5. The molecule has 0 aliphatic heterocycles. The first-order valence-corrected chi connectivity index (χ1v) is 7.09. The minimum Gasteiger partial charge on any atom is -0.361 e. The summed E-state index contributed by atoms with van der Waals surface area (Å²) in [7, 11) is 1.77. The average molecular weight is 324 g/mol. The van der Waals surface area contributed by atoms with Gasteiger partial charge in [0.2, 0.25) is 5.91 Å². The lowest BCUT2D eigenvalue weighted by molar-refractivity contribution is -0.130. The lowest BCUT2D eigenvalue weighted by Gasteiger charge is -2.18. The molecule has 5 nitrogen and oxygen atoms in total. The van der Waals surface area contributed by atoms with Crippen molar-refractivity contribution in [3.05, 3.63) is 42.2 Å². The Morgan fingerprint density at radius 2 is 2.05 bits per heavy atom. The van der Waals surface area contributed by atoms with Gasteiger partial charge in [0, 0.05) is 31.6 Å². The number of halogens is 1. The zero-order valence-corrected chi connectivity index (χ0v) is 13.7. The molecule has 2 rings (SSSR count). The number of nitrogens with two attached hydrogens (primary N) is 1. The van der Waals surface area contributed by atoms with Gasteiger partial charge >= 0.3 is 0 Å². The molecule has 0 bridgehead atoms. The highest BCUT2D eigenvalue weighted by Gasteiger charge is 2.13. The van der Waals surface area contributed by atoms with Crippen molar-refractivity contribution in [1.29, 1.82) is 0 Å². The number of nitrogens with zero attached hydrogens (tertiary/aromatic N) is 2. The van der Waals surface area contributed by atoms with Crippen molar-refractivity contribution in [2.45, 2.75) is 25.8 Å². The van der Waals surface area contributed by atoms with Gasteiger partial charge in [0.15, 0.2) is 0 Å². The van der Waals surface area contributed by atoms with Crippen LogP contribution in [0.3, 0.4) is 0 Å². The van der Waals surface area contributed by atoms with Gasteiger partial charge in [-0.3, -0.25) is 4.79 Å². The predicted molar refractivity (Wildman–Crippen MR) is 88.8 cm³/mol. The van der Waals surface area contributed by atoms with E-state index in [4.69, 9.17) is 10.3 Å². The fourth-order valence-electron chi connectivity index (χ4n) is 2.12. The zero-order valence-electron chi connectivity index (χ0n) is 12.9. The van der Waals surface area contributed by atoms with Crippen molar-refractivity contribution in [3.8, 4) is 11.3 Å². The summed E-state index contributed by atoms with van der Waals surface area (Å²) in [5, 5.41) is 4.07. The number of carbonyl (C=O) groups is 1. The quantitative estimate of drug-likeness (QED) is 0.886. The lowest BCUT2D eigenvalue weighted by Crippen LogP contribution is -2.40. The number of aryl methyl sites for hydroxylation is 1. The molecule has 0 radical (unpaired) electrons. The summed E-state index contributed by atoms with van der Waals surface area (Å²) in [6, 6.07) is 11.4. The summed E-state index contributed by atoms with van der Waals surface area (Å²) in [5.41, 5.74) is 7.44. The van der Waals surface area contributed by atoms with Crippen LogP contribution in [0.15, 0.2) is 40.9 Å². The van der Waals surface area contributed by atoms with Crippen molar-refractivity contribution in [3.63, 3.8) is 0 Å². The molecule has 2 aromatic rings. The fourth-order valence-corrected chi connectivity index (χ4v) is 2.12. The van der Waals surface area contributed by atoms with Crippen LogP contribution >= 0.6 is 12.4 Å². The number of benzene rings is 1. The van der Waals surface area contributed by atoms with E-state index < -0.39 is 6.04 Å². The van der Waals surface area contributed by atoms with Crippen LogP contribution < -0.4 is 5.73 Å². The van der Waals surface area contributed by atoms with Crippen LogP contribution in [0.25, 0.3) is 11.3 Å². The molecule has 0 aliphatic carbocycles. The second-order valence-electron chi connectivity index (χ2n) is 5.20. The number of rotatable bonds is 6. The molecule has 0 spiro atoms. The Morgan fingerprint density at radius 1 is 1.36 bits per heavy atom. The third-order valence-corrected chi connectivity index (χ3v) is 3.31. The van der Waals surface area contributed by atoms with Gasteiger partial charge in [-0.1, -0.05) is 35.5 Å². The van der Waals surface area contributed by atoms with Crippen molar-refractivity contribution in [2.75, 3.05) is 13.6 Å². The maximum absolute atomic E-state index is 11.6. The van der Waals surface area contributed by atoms with Gasteiger partial charge in [0.1, 0.15) is 11.5 Å². The van der Waals surface area contributed by atoms with Crippen molar-refractivity contribution in [2.24, 2.45) is 5.73 Å². The molecule has 120 valence electrons. The summed E-state index contributed by atoms with van der Waals surface area (Å²) >= 11 is 0. The smallest absolute Gasteiger partial charge is 0.238 e. The molecule has 0 fully saturated rings. The Balaban J connectivity index is 0.00000242. The number of hydrogen-bond donors (Lipinski definition) is 1. The number of aromatic nitrogens is 1. The molecular weight excluding hydrogens is 302 g/mol. The van der Waals surface area contributed by atoms with Crippen LogP contribution in [0.5, 0.6) is 0 Å². The van der Waals surface area contributed by atoms with Crippen molar-refractivity contribution in [1.82, 2.24) is 10.1 Å². The van der Waals surface area contributed by atoms with Crippen molar-refractivity contribution < 1.29 is 9.32 Å².